The first-order valence-electron chi connectivity index (χ1n) is 10.6. The predicted octanol–water partition coefficient (Wildman–Crippen LogP) is 4.85. The number of Topliss-reactive ketones (excluding diaryl/α,β-unsaturated/α-hetero) is 1. The van der Waals surface area contributed by atoms with E-state index in [0.717, 1.165) is 25.0 Å². The zero-order chi connectivity index (χ0) is 20.7. The highest BCUT2D eigenvalue weighted by atomic mass is 28.4. The summed E-state index contributed by atoms with van der Waals surface area (Å²) in [6.07, 6.45) is 3.29. The van der Waals surface area contributed by atoms with Gasteiger partial charge in [0.15, 0.2) is 8.32 Å². The summed E-state index contributed by atoms with van der Waals surface area (Å²) in [7, 11) is -1.91. The van der Waals surface area contributed by atoms with Gasteiger partial charge < -0.3 is 19.1 Å². The van der Waals surface area contributed by atoms with E-state index >= 15 is 0 Å². The zero-order valence-electron chi connectivity index (χ0n) is 18.2. The standard InChI is InChI=1S/C23H36O4Si/c1-15(25)9-7-10-16-11-8-12-17-21-18(14-24)19(13-20(21)26-22(16)17)27-28(5,6)23(2,3)4/h8,11-12,18-21,24H,7,9-10,13-14H2,1-6H3/t18-,19?,20-,21+/m0/s1. The smallest absolute Gasteiger partial charge is 0.192 e. The lowest BCUT2D eigenvalue weighted by molar-refractivity contribution is -0.117. The first kappa shape index (κ1) is 21.5. The van der Waals surface area contributed by atoms with Crippen molar-refractivity contribution in [1.82, 2.24) is 0 Å². The molecule has 1 unspecified atom stereocenters. The van der Waals surface area contributed by atoms with E-state index in [9.17, 15) is 9.90 Å². The summed E-state index contributed by atoms with van der Waals surface area (Å²) in [6.45, 7) is 13.1. The van der Waals surface area contributed by atoms with Crippen molar-refractivity contribution >= 4 is 14.1 Å². The summed E-state index contributed by atoms with van der Waals surface area (Å²) in [5.74, 6) is 1.50. The van der Waals surface area contributed by atoms with Crippen LogP contribution in [0.4, 0.5) is 0 Å². The highest BCUT2D eigenvalue weighted by Crippen LogP contribution is 2.53. The number of ketones is 1. The minimum absolute atomic E-state index is 0.0513. The summed E-state index contributed by atoms with van der Waals surface area (Å²) in [5.41, 5.74) is 2.40. The van der Waals surface area contributed by atoms with Gasteiger partial charge in [-0.15, -0.1) is 0 Å². The molecule has 1 aromatic rings. The molecule has 0 bridgehead atoms. The molecule has 1 saturated carbocycles. The third-order valence-electron chi connectivity index (χ3n) is 7.00. The molecule has 1 aliphatic carbocycles. The highest BCUT2D eigenvalue weighted by Gasteiger charge is 2.53. The Hall–Kier alpha value is -1.17. The number of rotatable bonds is 7. The van der Waals surface area contributed by atoms with Crippen LogP contribution < -0.4 is 4.74 Å². The quantitative estimate of drug-likeness (QED) is 0.660. The van der Waals surface area contributed by atoms with Crippen molar-refractivity contribution in [2.24, 2.45) is 5.92 Å². The van der Waals surface area contributed by atoms with Crippen LogP contribution in [-0.2, 0) is 15.6 Å². The molecule has 3 rings (SSSR count). The molecule has 28 heavy (non-hydrogen) atoms. The summed E-state index contributed by atoms with van der Waals surface area (Å²) < 4.78 is 13.1. The number of aryl methyl sites for hydroxylation is 1. The van der Waals surface area contributed by atoms with Crippen molar-refractivity contribution in [3.63, 3.8) is 0 Å². The van der Waals surface area contributed by atoms with Crippen molar-refractivity contribution in [1.29, 1.82) is 0 Å². The molecule has 0 amide bonds. The van der Waals surface area contributed by atoms with Gasteiger partial charge in [-0.2, -0.15) is 0 Å². The van der Waals surface area contributed by atoms with Gasteiger partial charge in [0.05, 0.1) is 6.10 Å². The molecule has 0 saturated heterocycles. The first-order chi connectivity index (χ1) is 13.0. The third-order valence-corrected chi connectivity index (χ3v) is 11.5. The second kappa shape index (κ2) is 7.92. The largest absolute Gasteiger partial charge is 0.489 e. The Balaban J connectivity index is 1.79. The molecule has 0 spiro atoms. The Morgan fingerprint density at radius 1 is 1.32 bits per heavy atom. The van der Waals surface area contributed by atoms with Gasteiger partial charge >= 0.3 is 0 Å². The fraction of sp³-hybridized carbons (Fsp3) is 0.696. The summed E-state index contributed by atoms with van der Waals surface area (Å²) in [5, 5.41) is 10.4. The van der Waals surface area contributed by atoms with Gasteiger partial charge in [0, 0.05) is 36.8 Å². The first-order valence-corrected chi connectivity index (χ1v) is 13.5. The molecule has 156 valence electrons. The molecule has 1 aromatic carbocycles. The molecule has 1 aliphatic heterocycles. The molecule has 1 fully saturated rings. The molecule has 1 N–H and O–H groups in total. The lowest BCUT2D eigenvalue weighted by Gasteiger charge is -2.40. The highest BCUT2D eigenvalue weighted by molar-refractivity contribution is 6.74. The second-order valence-corrected chi connectivity index (χ2v) is 14.8. The maximum Gasteiger partial charge on any atom is 0.192 e. The molecular weight excluding hydrogens is 368 g/mol. The van der Waals surface area contributed by atoms with Crippen molar-refractivity contribution in [2.75, 3.05) is 6.61 Å². The Morgan fingerprint density at radius 3 is 2.64 bits per heavy atom. The number of aliphatic hydroxyl groups excluding tert-OH is 1. The van der Waals surface area contributed by atoms with Gasteiger partial charge in [-0.05, 0) is 43.5 Å². The van der Waals surface area contributed by atoms with Crippen LogP contribution in [0.15, 0.2) is 18.2 Å². The molecule has 4 atom stereocenters. The normalized spacial score (nSPS) is 26.7. The van der Waals surface area contributed by atoms with Crippen LogP contribution in [0.25, 0.3) is 0 Å². The molecule has 1 heterocycles. The summed E-state index contributed by atoms with van der Waals surface area (Å²) in [4.78, 5) is 11.3. The molecule has 4 nitrogen and oxygen atoms in total. The number of benzene rings is 1. The van der Waals surface area contributed by atoms with E-state index in [2.05, 4.69) is 52.1 Å². The van der Waals surface area contributed by atoms with Crippen molar-refractivity contribution in [2.45, 2.75) is 89.6 Å². The van der Waals surface area contributed by atoms with E-state index in [-0.39, 0.29) is 41.5 Å². The van der Waals surface area contributed by atoms with Crippen LogP contribution in [-0.4, -0.2) is 38.0 Å². The molecule has 5 heteroatoms. The Bertz CT molecular complexity index is 722. The fourth-order valence-corrected chi connectivity index (χ4v) is 5.80. The van der Waals surface area contributed by atoms with Crippen molar-refractivity contribution in [3.8, 4) is 5.75 Å². The second-order valence-electron chi connectivity index (χ2n) is 10.1. The zero-order valence-corrected chi connectivity index (χ0v) is 19.2. The minimum Gasteiger partial charge on any atom is -0.489 e. The van der Waals surface area contributed by atoms with Gasteiger partial charge in [-0.3, -0.25) is 0 Å². The van der Waals surface area contributed by atoms with E-state index in [1.165, 1.54) is 11.1 Å². The SMILES string of the molecule is CC(=O)CCCc1cccc2c1O[C@H]1CC(O[Si](C)(C)C(C)(C)C)[C@H](CO)[C@@H]21. The predicted molar refractivity (Wildman–Crippen MR) is 114 cm³/mol. The van der Waals surface area contributed by atoms with E-state index in [1.807, 2.05) is 0 Å². The minimum atomic E-state index is -1.91. The maximum absolute atomic E-state index is 11.3. The average molecular weight is 405 g/mol. The average Bonchev–Trinajstić information content (AvgIpc) is 3.09. The number of hydrogen-bond acceptors (Lipinski definition) is 4. The monoisotopic (exact) mass is 404 g/mol. The Morgan fingerprint density at radius 2 is 2.04 bits per heavy atom. The van der Waals surface area contributed by atoms with E-state index in [4.69, 9.17) is 9.16 Å². The summed E-state index contributed by atoms with van der Waals surface area (Å²) in [6, 6.07) is 6.34. The van der Waals surface area contributed by atoms with Crippen LogP contribution >= 0.6 is 0 Å². The van der Waals surface area contributed by atoms with Gasteiger partial charge in [-0.25, -0.2) is 0 Å². The number of ether oxygens (including phenoxy) is 1. The molecule has 0 aromatic heterocycles. The van der Waals surface area contributed by atoms with Gasteiger partial charge in [0.25, 0.3) is 0 Å². The Labute approximate surface area is 170 Å². The number of para-hydroxylation sites is 1. The number of aliphatic hydroxyl groups is 1. The fourth-order valence-electron chi connectivity index (χ4n) is 4.42. The van der Waals surface area contributed by atoms with Crippen molar-refractivity contribution in [3.05, 3.63) is 29.3 Å². The summed E-state index contributed by atoms with van der Waals surface area (Å²) >= 11 is 0. The lowest BCUT2D eigenvalue weighted by Crippen LogP contribution is -2.45. The maximum atomic E-state index is 11.3. The topological polar surface area (TPSA) is 55.8 Å². The van der Waals surface area contributed by atoms with Crippen LogP contribution in [0, 0.1) is 5.92 Å². The van der Waals surface area contributed by atoms with Crippen LogP contribution in [0.1, 0.15) is 64.0 Å². The van der Waals surface area contributed by atoms with Crippen LogP contribution in [0.2, 0.25) is 18.1 Å². The molecule has 0 radical (unpaired) electrons. The lowest BCUT2D eigenvalue weighted by atomic mass is 9.87. The van der Waals surface area contributed by atoms with Crippen LogP contribution in [0.3, 0.4) is 0 Å². The molecular formula is C23H36O4Si. The molecule has 2 aliphatic rings. The van der Waals surface area contributed by atoms with Gasteiger partial charge in [0.1, 0.15) is 17.6 Å². The van der Waals surface area contributed by atoms with E-state index in [1.54, 1.807) is 6.92 Å². The number of carbonyl (C=O) groups is 1. The van der Waals surface area contributed by atoms with E-state index < -0.39 is 8.32 Å². The van der Waals surface area contributed by atoms with Crippen molar-refractivity contribution < 1.29 is 19.1 Å². The van der Waals surface area contributed by atoms with Gasteiger partial charge in [0.2, 0.25) is 0 Å². The number of fused-ring (bicyclic) bond motifs is 3. The van der Waals surface area contributed by atoms with Gasteiger partial charge in [-0.1, -0.05) is 39.0 Å². The number of hydrogen-bond donors (Lipinski definition) is 1. The number of carbonyl (C=O) groups excluding carboxylic acids is 1. The third kappa shape index (κ3) is 4.07. The van der Waals surface area contributed by atoms with Crippen LogP contribution in [0.5, 0.6) is 5.75 Å². The van der Waals surface area contributed by atoms with E-state index in [0.29, 0.717) is 6.42 Å². The Kier molecular flexibility index (Phi) is 6.09.